The molecule has 28 heavy (non-hydrogen) atoms. The lowest BCUT2D eigenvalue weighted by Crippen LogP contribution is -2.25. The highest BCUT2D eigenvalue weighted by Crippen LogP contribution is 2.17. The molecule has 3 aromatic rings. The van der Waals surface area contributed by atoms with Crippen LogP contribution in [0.3, 0.4) is 0 Å². The highest BCUT2D eigenvalue weighted by atomic mass is 32.2. The molecule has 0 saturated heterocycles. The van der Waals surface area contributed by atoms with E-state index >= 15 is 0 Å². The fraction of sp³-hybridized carbons (Fsp3) is 0.227. The van der Waals surface area contributed by atoms with Gasteiger partial charge in [0, 0.05) is 16.3 Å². The summed E-state index contributed by atoms with van der Waals surface area (Å²) >= 11 is 1.71. The molecule has 1 amide bonds. The predicted molar refractivity (Wildman–Crippen MR) is 114 cm³/mol. The Hall–Kier alpha value is -2.31. The van der Waals surface area contributed by atoms with Crippen LogP contribution in [0.2, 0.25) is 0 Å². The Bertz CT molecular complexity index is 964. The minimum Gasteiger partial charge on any atom is -0.455 e. The van der Waals surface area contributed by atoms with E-state index in [4.69, 9.17) is 4.42 Å². The first-order valence-electron chi connectivity index (χ1n) is 9.00. The molecule has 1 atom stereocenters. The smallest absolute Gasteiger partial charge is 0.287 e. The topological polar surface area (TPSA) is 59.3 Å². The van der Waals surface area contributed by atoms with E-state index in [9.17, 15) is 9.00 Å². The highest BCUT2D eigenvalue weighted by molar-refractivity contribution is 7.98. The van der Waals surface area contributed by atoms with E-state index in [2.05, 4.69) is 29.6 Å². The number of hydrogen-bond donors (Lipinski definition) is 1. The third-order valence-corrected chi connectivity index (χ3v) is 6.34. The number of benzene rings is 2. The second kappa shape index (κ2) is 9.75. The summed E-state index contributed by atoms with van der Waals surface area (Å²) in [5.74, 6) is 0.776. The Labute approximate surface area is 172 Å². The van der Waals surface area contributed by atoms with Crippen molar-refractivity contribution in [2.45, 2.75) is 28.9 Å². The summed E-state index contributed by atoms with van der Waals surface area (Å²) in [6.45, 7) is 2.50. The zero-order valence-corrected chi connectivity index (χ0v) is 17.6. The van der Waals surface area contributed by atoms with Crippen molar-refractivity contribution in [1.82, 2.24) is 5.32 Å². The summed E-state index contributed by atoms with van der Waals surface area (Å²) in [5.41, 5.74) is 2.24. The minimum absolute atomic E-state index is 0.244. The molecule has 3 rings (SSSR count). The van der Waals surface area contributed by atoms with Crippen molar-refractivity contribution in [3.8, 4) is 0 Å². The van der Waals surface area contributed by atoms with Gasteiger partial charge >= 0.3 is 0 Å². The van der Waals surface area contributed by atoms with Gasteiger partial charge in [-0.2, -0.15) is 0 Å². The zero-order chi connectivity index (χ0) is 19.9. The molecule has 2 aromatic carbocycles. The van der Waals surface area contributed by atoms with Crippen molar-refractivity contribution in [1.29, 1.82) is 0 Å². The standard InChI is InChI=1S/C22H23NO3S2/c1-16-4-3-5-20(14-16)28(25)15-18-8-11-21(26-18)22(24)23-13-12-17-6-9-19(27-2)10-7-17/h3-11,14H,12-13,15H2,1-2H3,(H,23,24)/t28-/m1/s1. The SMILES string of the molecule is CSc1ccc(CCNC(=O)c2ccc(C[S@@](=O)c3cccc(C)c3)o2)cc1. The van der Waals surface area contributed by atoms with Crippen molar-refractivity contribution < 1.29 is 13.4 Å². The molecule has 0 bridgehead atoms. The van der Waals surface area contributed by atoms with Crippen LogP contribution in [0.25, 0.3) is 0 Å². The number of carbonyl (C=O) groups is 1. The van der Waals surface area contributed by atoms with Crippen LogP contribution in [0.15, 0.2) is 74.9 Å². The van der Waals surface area contributed by atoms with Gasteiger partial charge in [0.2, 0.25) is 0 Å². The summed E-state index contributed by atoms with van der Waals surface area (Å²) in [6, 6.07) is 19.2. The van der Waals surface area contributed by atoms with Crippen molar-refractivity contribution in [2.24, 2.45) is 0 Å². The normalized spacial score (nSPS) is 11.9. The van der Waals surface area contributed by atoms with E-state index < -0.39 is 10.8 Å². The third-order valence-electron chi connectivity index (χ3n) is 4.27. The second-order valence-electron chi connectivity index (χ2n) is 6.43. The molecular weight excluding hydrogens is 390 g/mol. The molecule has 0 unspecified atom stereocenters. The van der Waals surface area contributed by atoms with Crippen LogP contribution < -0.4 is 5.32 Å². The van der Waals surface area contributed by atoms with Gasteiger partial charge in [-0.3, -0.25) is 9.00 Å². The van der Waals surface area contributed by atoms with Crippen LogP contribution >= 0.6 is 11.8 Å². The average Bonchev–Trinajstić information content (AvgIpc) is 3.17. The van der Waals surface area contributed by atoms with Crippen molar-refractivity contribution in [3.63, 3.8) is 0 Å². The van der Waals surface area contributed by atoms with Gasteiger partial charge in [0.25, 0.3) is 5.91 Å². The van der Waals surface area contributed by atoms with E-state index in [1.54, 1.807) is 23.9 Å². The van der Waals surface area contributed by atoms with E-state index in [1.165, 1.54) is 10.5 Å². The quantitative estimate of drug-likeness (QED) is 0.549. The fourth-order valence-electron chi connectivity index (χ4n) is 2.75. The van der Waals surface area contributed by atoms with Gasteiger partial charge in [-0.25, -0.2) is 0 Å². The molecule has 0 fully saturated rings. The molecule has 146 valence electrons. The molecular formula is C22H23NO3S2. The Kier molecular flexibility index (Phi) is 7.12. The van der Waals surface area contributed by atoms with Crippen LogP contribution in [0, 0.1) is 6.92 Å². The van der Waals surface area contributed by atoms with Crippen LogP contribution in [-0.2, 0) is 23.0 Å². The van der Waals surface area contributed by atoms with Crippen molar-refractivity contribution in [2.75, 3.05) is 12.8 Å². The number of aryl methyl sites for hydroxylation is 1. The van der Waals surface area contributed by atoms with Gasteiger partial charge in [0.15, 0.2) is 5.76 Å². The maximum absolute atomic E-state index is 12.5. The molecule has 1 aromatic heterocycles. The first-order chi connectivity index (χ1) is 13.5. The first kappa shape index (κ1) is 20.4. The van der Waals surface area contributed by atoms with Gasteiger partial charge in [-0.1, -0.05) is 24.3 Å². The highest BCUT2D eigenvalue weighted by Gasteiger charge is 2.13. The third kappa shape index (κ3) is 5.59. The van der Waals surface area contributed by atoms with E-state index in [1.807, 2.05) is 37.4 Å². The molecule has 1 N–H and O–H groups in total. The van der Waals surface area contributed by atoms with Gasteiger partial charge in [0.1, 0.15) is 5.76 Å². The largest absolute Gasteiger partial charge is 0.455 e. The van der Waals surface area contributed by atoms with Gasteiger partial charge in [-0.05, 0) is 67.1 Å². The maximum atomic E-state index is 12.5. The number of rotatable bonds is 8. The van der Waals surface area contributed by atoms with Crippen LogP contribution in [-0.4, -0.2) is 22.9 Å². The number of thioether (sulfide) groups is 1. The minimum atomic E-state index is -1.20. The van der Waals surface area contributed by atoms with Crippen LogP contribution in [0.5, 0.6) is 0 Å². The van der Waals surface area contributed by atoms with Gasteiger partial charge in [0.05, 0.1) is 16.6 Å². The Morgan fingerprint density at radius 1 is 1.11 bits per heavy atom. The molecule has 0 radical (unpaired) electrons. The summed E-state index contributed by atoms with van der Waals surface area (Å²) in [4.78, 5) is 14.2. The lowest BCUT2D eigenvalue weighted by atomic mass is 10.1. The molecule has 6 heteroatoms. The summed E-state index contributed by atoms with van der Waals surface area (Å²) in [5, 5.41) is 2.87. The second-order valence-corrected chi connectivity index (χ2v) is 8.76. The molecule has 0 aliphatic rings. The Morgan fingerprint density at radius 2 is 1.89 bits per heavy atom. The van der Waals surface area contributed by atoms with Crippen LogP contribution in [0.1, 0.15) is 27.4 Å². The number of hydrogen-bond acceptors (Lipinski definition) is 4. The summed E-state index contributed by atoms with van der Waals surface area (Å²) in [7, 11) is -1.20. The Balaban J connectivity index is 1.51. The zero-order valence-electron chi connectivity index (χ0n) is 15.9. The summed E-state index contributed by atoms with van der Waals surface area (Å²) in [6.07, 6.45) is 2.80. The van der Waals surface area contributed by atoms with Gasteiger partial charge < -0.3 is 9.73 Å². The molecule has 1 heterocycles. The lowest BCUT2D eigenvalue weighted by molar-refractivity contribution is 0.0925. The Morgan fingerprint density at radius 3 is 2.61 bits per heavy atom. The predicted octanol–water partition coefficient (Wildman–Crippen LogP) is 4.59. The first-order valence-corrected chi connectivity index (χ1v) is 11.5. The van der Waals surface area contributed by atoms with E-state index in [0.717, 1.165) is 16.9 Å². The van der Waals surface area contributed by atoms with E-state index in [-0.39, 0.29) is 17.4 Å². The molecule has 0 aliphatic carbocycles. The number of carbonyl (C=O) groups excluding carboxylic acids is 1. The number of amides is 1. The maximum Gasteiger partial charge on any atom is 0.287 e. The van der Waals surface area contributed by atoms with Crippen molar-refractivity contribution >= 4 is 28.5 Å². The molecule has 0 spiro atoms. The molecule has 0 saturated carbocycles. The van der Waals surface area contributed by atoms with E-state index in [0.29, 0.717) is 12.3 Å². The fourth-order valence-corrected chi connectivity index (χ4v) is 4.28. The molecule has 0 aliphatic heterocycles. The summed E-state index contributed by atoms with van der Waals surface area (Å²) < 4.78 is 18.1. The average molecular weight is 414 g/mol. The van der Waals surface area contributed by atoms with Crippen molar-refractivity contribution in [3.05, 3.63) is 83.3 Å². The molecule has 4 nitrogen and oxygen atoms in total. The number of furan rings is 1. The monoisotopic (exact) mass is 413 g/mol. The number of nitrogens with one attached hydrogen (secondary N) is 1. The van der Waals surface area contributed by atoms with Crippen LogP contribution in [0.4, 0.5) is 0 Å². The lowest BCUT2D eigenvalue weighted by Gasteiger charge is -2.05. The van der Waals surface area contributed by atoms with Gasteiger partial charge in [-0.15, -0.1) is 11.8 Å².